The second kappa shape index (κ2) is 6.43. The van der Waals surface area contributed by atoms with Gasteiger partial charge >= 0.3 is 80.8 Å². The van der Waals surface area contributed by atoms with Gasteiger partial charge in [0, 0.05) is 0 Å². The van der Waals surface area contributed by atoms with Gasteiger partial charge in [-0.15, -0.1) is 0 Å². The summed E-state index contributed by atoms with van der Waals surface area (Å²) in [6, 6.07) is 0. The number of rotatable bonds is 3. The summed E-state index contributed by atoms with van der Waals surface area (Å²) in [5.41, 5.74) is 0. The number of carboxylic acids is 2. The molecular formula is C4H7CsO6. The van der Waals surface area contributed by atoms with Crippen LogP contribution >= 0.6 is 0 Å². The predicted molar refractivity (Wildman–Crippen MR) is 28.4 cm³/mol. The molecule has 0 aliphatic heterocycles. The monoisotopic (exact) mass is 284 g/mol. The SMILES string of the molecule is O=C(O)C(O)C(O)C(=O)O.[Cs+].[H-]. The molecule has 0 rings (SSSR count). The van der Waals surface area contributed by atoms with Gasteiger partial charge in [-0.05, 0) is 0 Å². The second-order valence-corrected chi connectivity index (χ2v) is 1.57. The van der Waals surface area contributed by atoms with Gasteiger partial charge in [-0.2, -0.15) is 0 Å². The second-order valence-electron chi connectivity index (χ2n) is 1.57. The summed E-state index contributed by atoms with van der Waals surface area (Å²) in [4.78, 5) is 19.5. The average Bonchev–Trinajstić information content (AvgIpc) is 1.84. The number of aliphatic hydroxyl groups excluding tert-OH is 2. The molecule has 0 saturated carbocycles. The molecule has 0 aromatic carbocycles. The number of carbonyl (C=O) groups is 2. The van der Waals surface area contributed by atoms with Crippen molar-refractivity contribution in [2.24, 2.45) is 0 Å². The summed E-state index contributed by atoms with van der Waals surface area (Å²) in [6.45, 7) is 0. The molecule has 0 aliphatic carbocycles. The summed E-state index contributed by atoms with van der Waals surface area (Å²) in [5, 5.41) is 32.5. The molecule has 0 aliphatic rings. The summed E-state index contributed by atoms with van der Waals surface area (Å²) in [6.07, 6.45) is -4.53. The standard InChI is InChI=1S/C4H6O6.Cs.H/c5-1(3(7)8)2(6)4(9)10;;/h1-2,5-6H,(H,7,8)(H,9,10);;/q;+1;-1. The van der Waals surface area contributed by atoms with E-state index in [1.54, 1.807) is 0 Å². The third-order valence-electron chi connectivity index (χ3n) is 0.805. The van der Waals surface area contributed by atoms with Gasteiger partial charge in [-0.25, -0.2) is 9.59 Å². The molecule has 0 spiro atoms. The van der Waals surface area contributed by atoms with Gasteiger partial charge in [0.25, 0.3) is 0 Å². The zero-order chi connectivity index (χ0) is 8.31. The van der Waals surface area contributed by atoms with Crippen LogP contribution in [0.5, 0.6) is 0 Å². The van der Waals surface area contributed by atoms with Crippen LogP contribution in [0.2, 0.25) is 0 Å². The fourth-order valence-electron chi connectivity index (χ4n) is 0.270. The first-order valence-corrected chi connectivity index (χ1v) is 2.28. The van der Waals surface area contributed by atoms with Gasteiger partial charge in [0.1, 0.15) is 0 Å². The summed E-state index contributed by atoms with van der Waals surface area (Å²) in [5.74, 6) is -3.54. The van der Waals surface area contributed by atoms with Crippen molar-refractivity contribution >= 4 is 11.9 Å². The Morgan fingerprint density at radius 2 is 1.18 bits per heavy atom. The quantitative estimate of drug-likeness (QED) is 0.412. The van der Waals surface area contributed by atoms with Crippen molar-refractivity contribution in [1.82, 2.24) is 0 Å². The Kier molecular flexibility index (Phi) is 8.44. The van der Waals surface area contributed by atoms with Crippen LogP contribution in [0.3, 0.4) is 0 Å². The van der Waals surface area contributed by atoms with Crippen LogP contribution in [0, 0.1) is 0 Å². The minimum Gasteiger partial charge on any atom is -1.00 e. The molecular weight excluding hydrogens is 277 g/mol. The van der Waals surface area contributed by atoms with E-state index in [-0.39, 0.29) is 70.3 Å². The van der Waals surface area contributed by atoms with E-state index in [9.17, 15) is 9.59 Å². The first-order valence-electron chi connectivity index (χ1n) is 2.28. The Morgan fingerprint density at radius 1 is 1.00 bits per heavy atom. The van der Waals surface area contributed by atoms with Crippen LogP contribution in [0.1, 0.15) is 1.43 Å². The maximum absolute atomic E-state index is 9.77. The molecule has 0 aromatic heterocycles. The van der Waals surface area contributed by atoms with E-state index in [4.69, 9.17) is 20.4 Å². The number of hydrogen-bond acceptors (Lipinski definition) is 4. The average molecular weight is 284 g/mol. The molecule has 4 N–H and O–H groups in total. The summed E-state index contributed by atoms with van der Waals surface area (Å²) < 4.78 is 0. The van der Waals surface area contributed by atoms with Crippen molar-refractivity contribution in [3.05, 3.63) is 0 Å². The first-order chi connectivity index (χ1) is 4.46. The van der Waals surface area contributed by atoms with E-state index in [0.29, 0.717) is 0 Å². The minimum absolute atomic E-state index is 0. The van der Waals surface area contributed by atoms with E-state index >= 15 is 0 Å². The molecule has 11 heavy (non-hydrogen) atoms. The number of carboxylic acid groups (broad SMARTS) is 2. The van der Waals surface area contributed by atoms with Crippen molar-refractivity contribution in [3.8, 4) is 0 Å². The van der Waals surface area contributed by atoms with Gasteiger partial charge in [0.05, 0.1) is 0 Å². The van der Waals surface area contributed by atoms with Gasteiger partial charge in [0.15, 0.2) is 12.2 Å². The third kappa shape index (κ3) is 5.20. The summed E-state index contributed by atoms with van der Waals surface area (Å²) >= 11 is 0. The van der Waals surface area contributed by atoms with E-state index in [2.05, 4.69) is 0 Å². The van der Waals surface area contributed by atoms with Crippen molar-refractivity contribution in [2.45, 2.75) is 12.2 Å². The first kappa shape index (κ1) is 14.4. The minimum atomic E-state index is -2.27. The van der Waals surface area contributed by atoms with Gasteiger partial charge in [0.2, 0.25) is 0 Å². The predicted octanol–water partition coefficient (Wildman–Crippen LogP) is -5.01. The zero-order valence-corrected chi connectivity index (χ0v) is 12.0. The smallest absolute Gasteiger partial charge is 1.00 e. The van der Waals surface area contributed by atoms with E-state index in [1.807, 2.05) is 0 Å². The third-order valence-corrected chi connectivity index (χ3v) is 0.805. The zero-order valence-electron chi connectivity index (χ0n) is 6.76. The maximum atomic E-state index is 9.77. The van der Waals surface area contributed by atoms with Crippen molar-refractivity contribution in [2.75, 3.05) is 0 Å². The molecule has 0 saturated heterocycles. The molecule has 0 aromatic rings. The van der Waals surface area contributed by atoms with Gasteiger partial charge in [-0.3, -0.25) is 0 Å². The Hall–Kier alpha value is 0.912. The fraction of sp³-hybridized carbons (Fsp3) is 0.500. The molecule has 0 amide bonds. The number of hydrogen-bond donors (Lipinski definition) is 4. The van der Waals surface area contributed by atoms with Crippen LogP contribution in [-0.2, 0) is 9.59 Å². The molecule has 0 heterocycles. The Morgan fingerprint density at radius 3 is 1.27 bits per heavy atom. The summed E-state index contributed by atoms with van der Waals surface area (Å²) in [7, 11) is 0. The Labute approximate surface area is 122 Å². The van der Waals surface area contributed by atoms with E-state index in [1.165, 1.54) is 0 Å². The number of aliphatic carboxylic acids is 2. The molecule has 0 fully saturated rings. The Bertz CT molecular complexity index is 144. The molecule has 60 valence electrons. The van der Waals surface area contributed by atoms with Crippen LogP contribution < -0.4 is 68.9 Å². The topological polar surface area (TPSA) is 115 Å². The van der Waals surface area contributed by atoms with E-state index < -0.39 is 24.1 Å². The maximum Gasteiger partial charge on any atom is 1.00 e. The van der Waals surface area contributed by atoms with Crippen molar-refractivity contribution < 1.29 is 100 Å². The van der Waals surface area contributed by atoms with Crippen LogP contribution in [0.25, 0.3) is 0 Å². The molecule has 2 atom stereocenters. The van der Waals surface area contributed by atoms with E-state index in [0.717, 1.165) is 0 Å². The molecule has 0 radical (unpaired) electrons. The van der Waals surface area contributed by atoms with Crippen molar-refractivity contribution in [1.29, 1.82) is 0 Å². The van der Waals surface area contributed by atoms with Crippen LogP contribution in [0.4, 0.5) is 0 Å². The van der Waals surface area contributed by atoms with Gasteiger partial charge < -0.3 is 21.9 Å². The van der Waals surface area contributed by atoms with Gasteiger partial charge in [-0.1, -0.05) is 0 Å². The normalized spacial score (nSPS) is 14.4. The molecule has 0 bridgehead atoms. The molecule has 2 unspecified atom stereocenters. The van der Waals surface area contributed by atoms with Crippen LogP contribution in [-0.4, -0.2) is 44.6 Å². The van der Waals surface area contributed by atoms with Crippen molar-refractivity contribution in [3.63, 3.8) is 0 Å². The largest absolute Gasteiger partial charge is 1.00 e. The Balaban J connectivity index is -0.000000405. The molecule has 6 nitrogen and oxygen atoms in total. The van der Waals surface area contributed by atoms with Crippen LogP contribution in [0.15, 0.2) is 0 Å². The fourth-order valence-corrected chi connectivity index (χ4v) is 0.270. The molecule has 7 heteroatoms. The number of aliphatic hydroxyl groups is 2.